The van der Waals surface area contributed by atoms with E-state index in [1.54, 1.807) is 6.08 Å². The summed E-state index contributed by atoms with van der Waals surface area (Å²) in [5, 5.41) is 17.4. The van der Waals surface area contributed by atoms with Gasteiger partial charge in [-0.3, -0.25) is 0 Å². The molecule has 0 unspecified atom stereocenters. The Bertz CT molecular complexity index is 319. The van der Waals surface area contributed by atoms with Crippen molar-refractivity contribution >= 4 is 5.97 Å². The van der Waals surface area contributed by atoms with Crippen molar-refractivity contribution in [3.63, 3.8) is 0 Å². The third-order valence-corrected chi connectivity index (χ3v) is 3.83. The monoisotopic (exact) mass is 310 g/mol. The summed E-state index contributed by atoms with van der Waals surface area (Å²) >= 11 is 0. The second kappa shape index (κ2) is 16.1. The number of carboxylic acid groups (broad SMARTS) is 1. The first-order valence-electron chi connectivity index (χ1n) is 8.97. The standard InChI is InChI=1S/C19H34O3/c1-2-3-4-5-6-7-8-9-10-11-12-13-14-15-16-17-18(20)19(21)22/h15-17,20H,2-14H2,1H3,(H,21,22). The van der Waals surface area contributed by atoms with Crippen molar-refractivity contribution in [3.8, 4) is 0 Å². The molecule has 0 aromatic carbocycles. The Labute approximate surface area is 136 Å². The van der Waals surface area contributed by atoms with Gasteiger partial charge < -0.3 is 10.2 Å². The smallest absolute Gasteiger partial charge is 0.370 e. The highest BCUT2D eigenvalue weighted by molar-refractivity contribution is 5.83. The minimum Gasteiger partial charge on any atom is -0.502 e. The Hall–Kier alpha value is -1.25. The van der Waals surface area contributed by atoms with Gasteiger partial charge >= 0.3 is 5.97 Å². The maximum absolute atomic E-state index is 10.3. The van der Waals surface area contributed by atoms with Gasteiger partial charge in [-0.05, 0) is 18.9 Å². The lowest BCUT2D eigenvalue weighted by Crippen LogP contribution is -1.97. The van der Waals surface area contributed by atoms with E-state index in [9.17, 15) is 4.79 Å². The van der Waals surface area contributed by atoms with Gasteiger partial charge in [-0.2, -0.15) is 0 Å². The number of allylic oxidation sites excluding steroid dienone is 3. The van der Waals surface area contributed by atoms with Crippen molar-refractivity contribution in [3.05, 3.63) is 24.0 Å². The highest BCUT2D eigenvalue weighted by Gasteiger charge is 1.99. The molecule has 0 saturated heterocycles. The van der Waals surface area contributed by atoms with Crippen LogP contribution in [-0.2, 0) is 4.79 Å². The molecule has 0 heterocycles. The predicted octanol–water partition coefficient (Wildman–Crippen LogP) is 6.16. The molecule has 0 aromatic rings. The van der Waals surface area contributed by atoms with E-state index < -0.39 is 11.7 Å². The van der Waals surface area contributed by atoms with E-state index in [4.69, 9.17) is 10.2 Å². The van der Waals surface area contributed by atoms with Crippen LogP contribution in [0.5, 0.6) is 0 Å². The Morgan fingerprint density at radius 3 is 1.68 bits per heavy atom. The molecule has 0 aliphatic rings. The maximum Gasteiger partial charge on any atom is 0.370 e. The largest absolute Gasteiger partial charge is 0.502 e. The topological polar surface area (TPSA) is 57.5 Å². The van der Waals surface area contributed by atoms with Gasteiger partial charge in [-0.1, -0.05) is 89.7 Å². The Morgan fingerprint density at radius 2 is 1.23 bits per heavy atom. The van der Waals surface area contributed by atoms with E-state index >= 15 is 0 Å². The summed E-state index contributed by atoms with van der Waals surface area (Å²) in [4.78, 5) is 10.3. The molecule has 0 aliphatic heterocycles. The third kappa shape index (κ3) is 15.1. The summed E-state index contributed by atoms with van der Waals surface area (Å²) in [7, 11) is 0. The molecule has 0 aromatic heterocycles. The van der Waals surface area contributed by atoms with Gasteiger partial charge in [-0.25, -0.2) is 4.79 Å². The minimum atomic E-state index is -1.28. The zero-order chi connectivity index (χ0) is 16.5. The summed E-state index contributed by atoms with van der Waals surface area (Å²) in [5.74, 6) is -1.89. The predicted molar refractivity (Wildman–Crippen MR) is 93.2 cm³/mol. The number of aliphatic carboxylic acids is 1. The molecule has 22 heavy (non-hydrogen) atoms. The van der Waals surface area contributed by atoms with E-state index in [1.807, 2.05) is 6.08 Å². The van der Waals surface area contributed by atoms with Crippen molar-refractivity contribution in [2.45, 2.75) is 90.4 Å². The van der Waals surface area contributed by atoms with Crippen LogP contribution in [0.15, 0.2) is 24.0 Å². The number of unbranched alkanes of at least 4 members (excludes halogenated alkanes) is 12. The number of rotatable bonds is 15. The van der Waals surface area contributed by atoms with Gasteiger partial charge in [0.1, 0.15) is 0 Å². The lowest BCUT2D eigenvalue weighted by atomic mass is 10.0. The molecule has 0 spiro atoms. The molecule has 3 heteroatoms. The van der Waals surface area contributed by atoms with Gasteiger partial charge in [0, 0.05) is 0 Å². The normalized spacial score (nSPS) is 12.1. The molecule has 0 atom stereocenters. The van der Waals surface area contributed by atoms with E-state index in [1.165, 1.54) is 76.7 Å². The summed E-state index contributed by atoms with van der Waals surface area (Å²) in [6.07, 6.45) is 21.8. The highest BCUT2D eigenvalue weighted by Crippen LogP contribution is 2.12. The van der Waals surface area contributed by atoms with E-state index in [2.05, 4.69) is 6.92 Å². The first-order chi connectivity index (χ1) is 10.7. The van der Waals surface area contributed by atoms with Gasteiger partial charge in [0.25, 0.3) is 0 Å². The summed E-state index contributed by atoms with van der Waals surface area (Å²) in [6, 6.07) is 0. The Balaban J connectivity index is 3.22. The van der Waals surface area contributed by atoms with E-state index in [0.29, 0.717) is 0 Å². The molecular formula is C19H34O3. The first-order valence-corrected chi connectivity index (χ1v) is 8.97. The Morgan fingerprint density at radius 1 is 0.773 bits per heavy atom. The van der Waals surface area contributed by atoms with Crippen LogP contribution in [0.4, 0.5) is 0 Å². The maximum atomic E-state index is 10.3. The van der Waals surface area contributed by atoms with Gasteiger partial charge in [-0.15, -0.1) is 0 Å². The van der Waals surface area contributed by atoms with Gasteiger partial charge in [0.05, 0.1) is 0 Å². The molecule has 3 nitrogen and oxygen atoms in total. The number of aliphatic hydroxyl groups excluding tert-OH is 1. The molecule has 0 aliphatic carbocycles. The molecule has 0 amide bonds. The average Bonchev–Trinajstić information content (AvgIpc) is 2.50. The molecule has 0 rings (SSSR count). The second-order valence-corrected chi connectivity index (χ2v) is 5.96. The number of aliphatic hydroxyl groups is 1. The van der Waals surface area contributed by atoms with Gasteiger partial charge in [0.2, 0.25) is 5.76 Å². The van der Waals surface area contributed by atoms with Crippen LogP contribution in [0.3, 0.4) is 0 Å². The Kier molecular flexibility index (Phi) is 15.2. The van der Waals surface area contributed by atoms with Crippen LogP contribution in [0.25, 0.3) is 0 Å². The number of carboxylic acids is 1. The summed E-state index contributed by atoms with van der Waals surface area (Å²) < 4.78 is 0. The zero-order valence-corrected chi connectivity index (χ0v) is 14.2. The summed E-state index contributed by atoms with van der Waals surface area (Å²) in [5.41, 5.74) is 0. The van der Waals surface area contributed by atoms with Crippen LogP contribution < -0.4 is 0 Å². The SMILES string of the molecule is CCCCCCCCCCCCCCC=CC=C(O)C(=O)O. The number of carbonyl (C=O) groups is 1. The van der Waals surface area contributed by atoms with Crippen molar-refractivity contribution in [1.82, 2.24) is 0 Å². The molecule has 0 bridgehead atoms. The van der Waals surface area contributed by atoms with Crippen LogP contribution in [0.1, 0.15) is 90.4 Å². The lowest BCUT2D eigenvalue weighted by molar-refractivity contribution is -0.135. The number of hydrogen-bond acceptors (Lipinski definition) is 2. The van der Waals surface area contributed by atoms with Crippen molar-refractivity contribution in [2.75, 3.05) is 0 Å². The molecule has 0 radical (unpaired) electrons. The molecule has 2 N–H and O–H groups in total. The molecule has 0 fully saturated rings. The van der Waals surface area contributed by atoms with E-state index in [-0.39, 0.29) is 0 Å². The number of hydrogen-bond donors (Lipinski definition) is 2. The quantitative estimate of drug-likeness (QED) is 0.165. The highest BCUT2D eigenvalue weighted by atomic mass is 16.4. The average molecular weight is 310 g/mol. The fraction of sp³-hybridized carbons (Fsp3) is 0.737. The molecule has 0 saturated carbocycles. The third-order valence-electron chi connectivity index (χ3n) is 3.83. The first kappa shape index (κ1) is 20.8. The van der Waals surface area contributed by atoms with Crippen molar-refractivity contribution in [2.24, 2.45) is 0 Å². The zero-order valence-electron chi connectivity index (χ0n) is 14.2. The molecular weight excluding hydrogens is 276 g/mol. The lowest BCUT2D eigenvalue weighted by Gasteiger charge is -2.02. The molecule has 128 valence electrons. The van der Waals surface area contributed by atoms with Crippen molar-refractivity contribution < 1.29 is 15.0 Å². The van der Waals surface area contributed by atoms with Gasteiger partial charge in [0.15, 0.2) is 0 Å². The van der Waals surface area contributed by atoms with Crippen LogP contribution in [0, 0.1) is 0 Å². The second-order valence-electron chi connectivity index (χ2n) is 5.96. The van der Waals surface area contributed by atoms with Crippen LogP contribution in [-0.4, -0.2) is 16.2 Å². The van der Waals surface area contributed by atoms with Crippen LogP contribution >= 0.6 is 0 Å². The van der Waals surface area contributed by atoms with E-state index in [0.717, 1.165) is 12.8 Å². The van der Waals surface area contributed by atoms with Crippen molar-refractivity contribution in [1.29, 1.82) is 0 Å². The van der Waals surface area contributed by atoms with Crippen LogP contribution in [0.2, 0.25) is 0 Å². The fourth-order valence-electron chi connectivity index (χ4n) is 2.43. The minimum absolute atomic E-state index is 0.606. The fourth-order valence-corrected chi connectivity index (χ4v) is 2.43. The summed E-state index contributed by atoms with van der Waals surface area (Å²) in [6.45, 7) is 2.26.